The van der Waals surface area contributed by atoms with Gasteiger partial charge in [-0.2, -0.15) is 17.6 Å². The Kier molecular flexibility index (Phi) is 6.12. The molecule has 0 aliphatic heterocycles. The molecule has 0 bridgehead atoms. The minimum absolute atomic E-state index is 0.131. The zero-order chi connectivity index (χ0) is 18.4. The molecule has 1 N–H and O–H groups in total. The monoisotopic (exact) mass is 433 g/mol. The van der Waals surface area contributed by atoms with Crippen molar-refractivity contribution in [1.29, 1.82) is 0 Å². The second-order valence-corrected chi connectivity index (χ2v) is 8.43. The van der Waals surface area contributed by atoms with Crippen LogP contribution >= 0.6 is 58.0 Å². The zero-order valence-corrected chi connectivity index (χ0v) is 15.4. The van der Waals surface area contributed by atoms with Crippen LogP contribution in [0.2, 0.25) is 0 Å². The van der Waals surface area contributed by atoms with Gasteiger partial charge in [-0.05, 0) is 59.8 Å². The maximum atomic E-state index is 13.7. The summed E-state index contributed by atoms with van der Waals surface area (Å²) in [4.78, 5) is 0. The van der Waals surface area contributed by atoms with Gasteiger partial charge >= 0.3 is 10.8 Å². The van der Waals surface area contributed by atoms with Crippen molar-refractivity contribution in [2.24, 2.45) is 0 Å². The molecule has 0 amide bonds. The molecule has 1 radical (unpaired) electrons. The average Bonchev–Trinajstić information content (AvgIpc) is 2.26. The lowest BCUT2D eigenvalue weighted by Crippen LogP contribution is -2.53. The van der Waals surface area contributed by atoms with Crippen molar-refractivity contribution in [3.63, 3.8) is 0 Å². The van der Waals surface area contributed by atoms with Crippen LogP contribution in [0.15, 0.2) is 6.07 Å². The van der Waals surface area contributed by atoms with E-state index in [-0.39, 0.29) is 16.7 Å². The SMILES string of the molecule is Cc1[c]c(C)c(CC(Cl)(Cl)Cl)c(C(O)(C(F)(F)Cl)C(F)(F)Cl)c1. The molecule has 0 fully saturated rings. The molecule has 1 nitrogen and oxygen atoms in total. The van der Waals surface area contributed by atoms with Gasteiger partial charge in [0.15, 0.2) is 3.79 Å². The normalized spacial score (nSPS) is 14.3. The Balaban J connectivity index is 3.80. The average molecular weight is 435 g/mol. The summed E-state index contributed by atoms with van der Waals surface area (Å²) in [5, 5.41) is 0.466. The van der Waals surface area contributed by atoms with E-state index < -0.39 is 32.1 Å². The van der Waals surface area contributed by atoms with Crippen molar-refractivity contribution in [2.45, 2.75) is 40.4 Å². The number of benzene rings is 1. The maximum Gasteiger partial charge on any atom is 0.361 e. The Morgan fingerprint density at radius 3 is 1.78 bits per heavy atom. The molecule has 10 heteroatoms. The second-order valence-electron chi connectivity index (χ2n) is 4.97. The quantitative estimate of drug-likeness (QED) is 0.464. The molecule has 131 valence electrons. The number of halogens is 9. The first kappa shape index (κ1) is 21.4. The molecule has 0 heterocycles. The van der Waals surface area contributed by atoms with Gasteiger partial charge in [-0.3, -0.25) is 0 Å². The number of alkyl halides is 9. The van der Waals surface area contributed by atoms with E-state index in [4.69, 9.17) is 58.0 Å². The molecule has 1 rings (SSSR count). The lowest BCUT2D eigenvalue weighted by molar-refractivity contribution is -0.224. The number of rotatable bonds is 4. The van der Waals surface area contributed by atoms with Crippen LogP contribution in [0.1, 0.15) is 22.3 Å². The highest BCUT2D eigenvalue weighted by molar-refractivity contribution is 6.67. The molecular weight excluding hydrogens is 425 g/mol. The van der Waals surface area contributed by atoms with Crippen molar-refractivity contribution in [3.05, 3.63) is 34.4 Å². The van der Waals surface area contributed by atoms with Crippen LogP contribution in [0.5, 0.6) is 0 Å². The van der Waals surface area contributed by atoms with E-state index in [1.54, 1.807) is 0 Å². The lowest BCUT2D eigenvalue weighted by atomic mass is 9.85. The van der Waals surface area contributed by atoms with Gasteiger partial charge in [-0.15, -0.1) is 0 Å². The first-order chi connectivity index (χ1) is 10.0. The standard InChI is InChI=1S/C13H10Cl5F4O/c1-6-3-7(2)8(5-10(14,15)16)9(4-6)11(23,12(17,19)20)13(18,21)22/h4,23H,5H2,1-2H3. The zero-order valence-electron chi connectivity index (χ0n) is 11.6. The number of aliphatic hydroxyl groups is 1. The first-order valence-corrected chi connectivity index (χ1v) is 7.85. The third-order valence-corrected chi connectivity index (χ3v) is 4.06. The van der Waals surface area contributed by atoms with Gasteiger partial charge in [0.1, 0.15) is 0 Å². The van der Waals surface area contributed by atoms with Gasteiger partial charge in [0.2, 0.25) is 5.60 Å². The van der Waals surface area contributed by atoms with Gasteiger partial charge in [0.05, 0.1) is 0 Å². The molecule has 23 heavy (non-hydrogen) atoms. The number of hydrogen-bond acceptors (Lipinski definition) is 1. The fourth-order valence-corrected chi connectivity index (χ4v) is 3.02. The molecule has 1 aromatic carbocycles. The van der Waals surface area contributed by atoms with E-state index in [1.807, 2.05) is 0 Å². The molecule has 0 saturated carbocycles. The minimum atomic E-state index is -4.80. The van der Waals surface area contributed by atoms with Gasteiger partial charge in [0.25, 0.3) is 0 Å². The molecule has 0 saturated heterocycles. The fourth-order valence-electron chi connectivity index (χ4n) is 2.13. The second kappa shape index (κ2) is 6.58. The Bertz CT molecular complexity index is 576. The summed E-state index contributed by atoms with van der Waals surface area (Å²) in [5.74, 6) is 0. The van der Waals surface area contributed by atoms with Crippen LogP contribution in [0.25, 0.3) is 0 Å². The molecular formula is C13H10Cl5F4O. The largest absolute Gasteiger partial charge is 0.372 e. The highest BCUT2D eigenvalue weighted by atomic mass is 35.6. The third-order valence-electron chi connectivity index (χ3n) is 3.11. The van der Waals surface area contributed by atoms with Crippen LogP contribution in [0, 0.1) is 19.9 Å². The van der Waals surface area contributed by atoms with Crippen molar-refractivity contribution in [1.82, 2.24) is 0 Å². The predicted molar refractivity (Wildman–Crippen MR) is 84.2 cm³/mol. The number of aryl methyl sites for hydroxylation is 2. The molecule has 0 aliphatic carbocycles. The van der Waals surface area contributed by atoms with E-state index in [2.05, 4.69) is 6.07 Å². The number of hydrogen-bond donors (Lipinski definition) is 1. The van der Waals surface area contributed by atoms with Crippen LogP contribution < -0.4 is 0 Å². The van der Waals surface area contributed by atoms with Crippen LogP contribution in [0.4, 0.5) is 17.6 Å². The predicted octanol–water partition coefficient (Wildman–Crippen LogP) is 5.87. The summed E-state index contributed by atoms with van der Waals surface area (Å²) < 4.78 is 52.7. The topological polar surface area (TPSA) is 20.2 Å². The Morgan fingerprint density at radius 1 is 1.00 bits per heavy atom. The molecule has 0 atom stereocenters. The smallest absolute Gasteiger partial charge is 0.361 e. The van der Waals surface area contributed by atoms with E-state index >= 15 is 0 Å². The highest BCUT2D eigenvalue weighted by Gasteiger charge is 2.68. The molecule has 0 aliphatic rings. The van der Waals surface area contributed by atoms with Gasteiger partial charge in [0, 0.05) is 12.0 Å². The van der Waals surface area contributed by atoms with Gasteiger partial charge in [-0.1, -0.05) is 40.9 Å². The van der Waals surface area contributed by atoms with Crippen LogP contribution in [-0.4, -0.2) is 19.7 Å². The molecule has 0 spiro atoms. The Hall–Kier alpha value is 0.350. The van der Waals surface area contributed by atoms with Crippen molar-refractivity contribution in [3.8, 4) is 0 Å². The summed E-state index contributed by atoms with van der Waals surface area (Å²) >= 11 is 26.4. The Labute approximate surface area is 155 Å². The highest BCUT2D eigenvalue weighted by Crippen LogP contribution is 2.54. The molecule has 0 aromatic heterocycles. The van der Waals surface area contributed by atoms with Crippen LogP contribution in [-0.2, 0) is 12.0 Å². The van der Waals surface area contributed by atoms with Crippen molar-refractivity contribution >= 4 is 58.0 Å². The summed E-state index contributed by atoms with van der Waals surface area (Å²) in [6.07, 6.45) is -0.544. The summed E-state index contributed by atoms with van der Waals surface area (Å²) in [6, 6.07) is 3.57. The van der Waals surface area contributed by atoms with Gasteiger partial charge in [-0.25, -0.2) is 0 Å². The Morgan fingerprint density at radius 2 is 1.43 bits per heavy atom. The lowest BCUT2D eigenvalue weighted by Gasteiger charge is -2.37. The maximum absolute atomic E-state index is 13.7. The van der Waals surface area contributed by atoms with Gasteiger partial charge < -0.3 is 5.11 Å². The van der Waals surface area contributed by atoms with E-state index in [9.17, 15) is 22.7 Å². The van der Waals surface area contributed by atoms with Crippen molar-refractivity contribution < 1.29 is 22.7 Å². The fraction of sp³-hybridized carbons (Fsp3) is 0.538. The third kappa shape index (κ3) is 4.50. The van der Waals surface area contributed by atoms with Crippen molar-refractivity contribution in [2.75, 3.05) is 0 Å². The van der Waals surface area contributed by atoms with Crippen LogP contribution in [0.3, 0.4) is 0 Å². The van der Waals surface area contributed by atoms with E-state index in [0.717, 1.165) is 6.07 Å². The summed E-state index contributed by atoms with van der Waals surface area (Å²) in [6.45, 7) is 2.77. The minimum Gasteiger partial charge on any atom is -0.372 e. The summed E-state index contributed by atoms with van der Waals surface area (Å²) in [5.41, 5.74) is -5.10. The molecule has 1 aromatic rings. The van der Waals surface area contributed by atoms with E-state index in [0.29, 0.717) is 0 Å². The molecule has 0 unspecified atom stereocenters. The first-order valence-electron chi connectivity index (χ1n) is 5.96. The summed E-state index contributed by atoms with van der Waals surface area (Å²) in [7, 11) is 0. The van der Waals surface area contributed by atoms with E-state index in [1.165, 1.54) is 13.8 Å².